The molecule has 316 valence electrons. The first-order chi connectivity index (χ1) is 33.7. The fraction of sp³-hybridized carbons (Fsp3) is 0. The predicted octanol–water partition coefficient (Wildman–Crippen LogP) is 15.1. The Hall–Kier alpha value is -9.44. The van der Waals surface area contributed by atoms with Crippen LogP contribution in [0.1, 0.15) is 5.56 Å². The molecule has 8 aromatic carbocycles. The molecule has 0 bridgehead atoms. The largest absolute Gasteiger partial charge is 0.309 e. The van der Waals surface area contributed by atoms with Crippen molar-refractivity contribution in [3.05, 3.63) is 248 Å². The number of benzene rings is 8. The Morgan fingerprint density at radius 1 is 0.353 bits per heavy atom. The number of hydrogen-bond acceptors (Lipinski definition) is 4. The van der Waals surface area contributed by atoms with Crippen LogP contribution in [-0.4, -0.2) is 29.1 Å². The van der Waals surface area contributed by atoms with Gasteiger partial charge in [0.1, 0.15) is 0 Å². The van der Waals surface area contributed by atoms with Crippen LogP contribution in [0, 0.1) is 0 Å². The number of allylic oxidation sites excluding steroid dienone is 4. The van der Waals surface area contributed by atoms with Crippen LogP contribution in [0.15, 0.2) is 242 Å². The quantitative estimate of drug-likeness (QED) is 0.143. The zero-order valence-electron chi connectivity index (χ0n) is 36.6. The molecule has 0 radical (unpaired) electrons. The highest BCUT2D eigenvalue weighted by molar-refractivity contribution is 6.28. The molecule has 1 aliphatic carbocycles. The highest BCUT2D eigenvalue weighted by Gasteiger charge is 2.23. The van der Waals surface area contributed by atoms with E-state index in [2.05, 4.69) is 184 Å². The zero-order valence-corrected chi connectivity index (χ0v) is 36.6. The molecule has 0 atom stereocenters. The van der Waals surface area contributed by atoms with Gasteiger partial charge in [0.15, 0.2) is 11.6 Å². The van der Waals surface area contributed by atoms with Crippen LogP contribution in [0.4, 0.5) is 0 Å². The maximum atomic E-state index is 5.30. The van der Waals surface area contributed by atoms with E-state index in [1.807, 2.05) is 66.8 Å². The Balaban J connectivity index is 1.02. The average molecular weight is 867 g/mol. The van der Waals surface area contributed by atoms with Crippen molar-refractivity contribution in [3.8, 4) is 68.1 Å². The zero-order chi connectivity index (χ0) is 45.0. The molecule has 0 unspecified atom stereocenters. The van der Waals surface area contributed by atoms with Gasteiger partial charge in [-0.25, -0.2) is 9.97 Å². The second-order valence-electron chi connectivity index (χ2n) is 16.9. The van der Waals surface area contributed by atoms with Gasteiger partial charge in [-0.15, -0.1) is 0 Å². The van der Waals surface area contributed by atoms with Gasteiger partial charge < -0.3 is 4.57 Å². The van der Waals surface area contributed by atoms with Crippen LogP contribution in [0.2, 0.25) is 0 Å². The summed E-state index contributed by atoms with van der Waals surface area (Å²) < 4.78 is 4.61. The topological polar surface area (TPSA) is 61.4 Å². The summed E-state index contributed by atoms with van der Waals surface area (Å²) in [7, 11) is 0. The molecule has 0 saturated heterocycles. The molecule has 4 aromatic heterocycles. The number of fused-ring (bicyclic) bond motifs is 7. The van der Waals surface area contributed by atoms with Crippen molar-refractivity contribution in [2.24, 2.45) is 0 Å². The lowest BCUT2D eigenvalue weighted by atomic mass is 9.99. The Bertz CT molecular complexity index is 4030. The normalized spacial score (nSPS) is 12.1. The van der Waals surface area contributed by atoms with Gasteiger partial charge in [-0.1, -0.05) is 175 Å². The van der Waals surface area contributed by atoms with Crippen LogP contribution in [-0.2, 0) is 0 Å². The summed E-state index contributed by atoms with van der Waals surface area (Å²) in [5.41, 5.74) is 21.6. The summed E-state index contributed by atoms with van der Waals surface area (Å²) in [5, 5.41) is 4.58. The van der Waals surface area contributed by atoms with E-state index >= 15 is 0 Å². The van der Waals surface area contributed by atoms with E-state index in [4.69, 9.17) is 19.9 Å². The minimum absolute atomic E-state index is 0.544. The summed E-state index contributed by atoms with van der Waals surface area (Å²) in [6, 6.07) is 74.4. The maximum Gasteiger partial charge on any atom is 0.238 e. The standard InChI is InChI=1S/C62H38N6/c1-5-19-41(20-6-1)45-27-17-29-47(37-45)61-64-60(44-25-11-4-12-26-44)65-62(66-61)68-55-34-16-14-32-51(55)59-57(68)36-35-56-58(59)50-31-13-15-33-54(50)67(56)49-30-18-28-46(38-49)48-39-52(42-21-7-2-8-22-42)63-53(40-48)43-23-9-3-10-24-43/h1-5,7-19,21-40H. The minimum atomic E-state index is 0.544. The molecule has 0 fully saturated rings. The van der Waals surface area contributed by atoms with Gasteiger partial charge in [0.05, 0.1) is 33.5 Å². The fourth-order valence-corrected chi connectivity index (χ4v) is 9.71. The summed E-state index contributed by atoms with van der Waals surface area (Å²) in [6.45, 7) is 0. The van der Waals surface area contributed by atoms with Crippen LogP contribution in [0.5, 0.6) is 0 Å². The summed E-state index contributed by atoms with van der Waals surface area (Å²) in [4.78, 5) is 20.8. The van der Waals surface area contributed by atoms with Crippen molar-refractivity contribution in [1.82, 2.24) is 29.1 Å². The van der Waals surface area contributed by atoms with Crippen molar-refractivity contribution < 1.29 is 0 Å². The highest BCUT2D eigenvalue weighted by Crippen LogP contribution is 2.43. The Kier molecular flexibility index (Phi) is 9.29. The molecule has 0 spiro atoms. The third-order valence-corrected chi connectivity index (χ3v) is 12.8. The van der Waals surface area contributed by atoms with Crippen molar-refractivity contribution in [2.75, 3.05) is 0 Å². The number of pyridine rings is 1. The first-order valence-corrected chi connectivity index (χ1v) is 22.7. The van der Waals surface area contributed by atoms with Crippen LogP contribution >= 0.6 is 0 Å². The van der Waals surface area contributed by atoms with Crippen molar-refractivity contribution in [3.63, 3.8) is 0 Å². The van der Waals surface area contributed by atoms with Gasteiger partial charge in [0, 0.05) is 55.1 Å². The van der Waals surface area contributed by atoms with Gasteiger partial charge in [0.2, 0.25) is 5.95 Å². The van der Waals surface area contributed by atoms with E-state index in [1.54, 1.807) is 0 Å². The molecule has 6 nitrogen and oxygen atoms in total. The fourth-order valence-electron chi connectivity index (χ4n) is 9.71. The van der Waals surface area contributed by atoms with E-state index in [0.29, 0.717) is 17.6 Å². The number of nitrogens with zero attached hydrogens (tertiary/aromatic N) is 6. The van der Waals surface area contributed by atoms with Gasteiger partial charge >= 0.3 is 0 Å². The second-order valence-corrected chi connectivity index (χ2v) is 16.9. The van der Waals surface area contributed by atoms with Crippen LogP contribution in [0.25, 0.3) is 117 Å². The first kappa shape index (κ1) is 39.0. The molecule has 13 rings (SSSR count). The predicted molar refractivity (Wildman–Crippen MR) is 278 cm³/mol. The molecule has 6 heteroatoms. The molecular weight excluding hydrogens is 829 g/mol. The maximum absolute atomic E-state index is 5.30. The number of para-hydroxylation sites is 2. The van der Waals surface area contributed by atoms with Crippen molar-refractivity contribution in [2.45, 2.75) is 0 Å². The van der Waals surface area contributed by atoms with E-state index < -0.39 is 0 Å². The van der Waals surface area contributed by atoms with Gasteiger partial charge in [-0.05, 0) is 83.4 Å². The van der Waals surface area contributed by atoms with Crippen LogP contribution in [0.3, 0.4) is 0 Å². The molecular formula is C62H38N6. The Morgan fingerprint density at radius 3 is 1.53 bits per heavy atom. The number of hydrogen-bond donors (Lipinski definition) is 0. The molecule has 0 aliphatic heterocycles. The van der Waals surface area contributed by atoms with Crippen molar-refractivity contribution in [1.29, 1.82) is 0 Å². The van der Waals surface area contributed by atoms with E-state index in [1.165, 1.54) is 5.39 Å². The summed E-state index contributed by atoms with van der Waals surface area (Å²) >= 11 is 0. The smallest absolute Gasteiger partial charge is 0.238 e. The first-order valence-electron chi connectivity index (χ1n) is 22.7. The van der Waals surface area contributed by atoms with Gasteiger partial charge in [-0.3, -0.25) is 4.57 Å². The molecule has 68 heavy (non-hydrogen) atoms. The molecule has 4 heterocycles. The lowest BCUT2D eigenvalue weighted by Crippen LogP contribution is -2.06. The van der Waals surface area contributed by atoms with Crippen LogP contribution < -0.4 is 0 Å². The molecule has 0 amide bonds. The van der Waals surface area contributed by atoms with E-state index in [9.17, 15) is 0 Å². The number of rotatable bonds is 8. The highest BCUT2D eigenvalue weighted by atomic mass is 15.2. The average Bonchev–Trinajstić information content (AvgIpc) is 3.95. The second kappa shape index (κ2) is 16.2. The number of aromatic nitrogens is 6. The van der Waals surface area contributed by atoms with E-state index in [0.717, 1.165) is 99.8 Å². The lowest BCUT2D eigenvalue weighted by molar-refractivity contribution is 0.953. The third-order valence-electron chi connectivity index (χ3n) is 12.8. The Morgan fingerprint density at radius 2 is 0.882 bits per heavy atom. The SMILES string of the molecule is C1=C=C(c2cccc(-c3nc(-c4ccccc4)nc(-n4c5ccccc5c5c6c7ccccc7n(-c7cccc(-c8cc(-c9ccccc9)nc(-c9ccccc9)c8)c7)c6ccc54)n3)c2)C=CC=1. The van der Waals surface area contributed by atoms with Crippen molar-refractivity contribution >= 4 is 49.2 Å². The third kappa shape index (κ3) is 6.69. The summed E-state index contributed by atoms with van der Waals surface area (Å²) in [5.74, 6) is 1.73. The lowest BCUT2D eigenvalue weighted by Gasteiger charge is -2.13. The van der Waals surface area contributed by atoms with Gasteiger partial charge in [0.25, 0.3) is 0 Å². The molecule has 12 aromatic rings. The molecule has 1 aliphatic rings. The Labute approximate surface area is 392 Å². The van der Waals surface area contributed by atoms with E-state index in [-0.39, 0.29) is 0 Å². The monoisotopic (exact) mass is 866 g/mol. The van der Waals surface area contributed by atoms with Gasteiger partial charge in [-0.2, -0.15) is 9.97 Å². The summed E-state index contributed by atoms with van der Waals surface area (Å²) in [6.07, 6.45) is 5.88. The molecule has 0 saturated carbocycles. The minimum Gasteiger partial charge on any atom is -0.309 e. The molecule has 0 N–H and O–H groups in total.